The van der Waals surface area contributed by atoms with Gasteiger partial charge in [0.05, 0.1) is 9.64 Å². The lowest BCUT2D eigenvalue weighted by atomic mass is 9.86. The van der Waals surface area contributed by atoms with Gasteiger partial charge in [-0.1, -0.05) is 6.42 Å². The smallest absolute Gasteiger partial charge is 0.243 e. The second-order valence-electron chi connectivity index (χ2n) is 9.76. The largest absolute Gasteiger partial charge is 0.326 e. The number of anilines is 1. The van der Waals surface area contributed by atoms with Crippen molar-refractivity contribution in [3.05, 3.63) is 24.3 Å². The average molecular weight is 486 g/mol. The van der Waals surface area contributed by atoms with Crippen LogP contribution >= 0.6 is 0 Å². The van der Waals surface area contributed by atoms with Crippen LogP contribution in [0.2, 0.25) is 0 Å². The van der Waals surface area contributed by atoms with Gasteiger partial charge >= 0.3 is 0 Å². The van der Waals surface area contributed by atoms with Gasteiger partial charge in [-0.2, -0.15) is 4.31 Å². The van der Waals surface area contributed by atoms with E-state index in [1.54, 1.807) is 32.9 Å². The lowest BCUT2D eigenvalue weighted by molar-refractivity contribution is -0.120. The van der Waals surface area contributed by atoms with Gasteiger partial charge < -0.3 is 5.32 Å². The Morgan fingerprint density at radius 3 is 2.00 bits per heavy atom. The molecule has 1 amide bonds. The maximum atomic E-state index is 12.7. The van der Waals surface area contributed by atoms with Crippen molar-refractivity contribution in [1.29, 1.82) is 0 Å². The third-order valence-corrected chi connectivity index (χ3v) is 10.5. The first-order valence-electron chi connectivity index (χ1n) is 11.3. The first kappa shape index (κ1) is 25.1. The molecule has 2 aliphatic rings. The van der Waals surface area contributed by atoms with Crippen molar-refractivity contribution >= 4 is 31.6 Å². The minimum Gasteiger partial charge on any atom is -0.326 e. The van der Waals surface area contributed by atoms with E-state index in [1.165, 1.54) is 16.4 Å². The molecule has 1 aromatic carbocycles. The molecule has 0 aromatic heterocycles. The van der Waals surface area contributed by atoms with Gasteiger partial charge in [-0.3, -0.25) is 4.79 Å². The van der Waals surface area contributed by atoms with Crippen LogP contribution in [-0.4, -0.2) is 50.9 Å². The van der Waals surface area contributed by atoms with E-state index in [1.807, 2.05) is 0 Å². The molecule has 32 heavy (non-hydrogen) atoms. The molecule has 3 rings (SSSR count). The zero-order valence-corrected chi connectivity index (χ0v) is 20.8. The van der Waals surface area contributed by atoms with Crippen LogP contribution in [0.5, 0.6) is 0 Å². The SMILES string of the molecule is CC(C)(C)S(=O)(=O)NC1CCC(C(=O)Nc2ccc(S(=O)(=O)N3CCCCC3)cc2)CC1. The number of benzene rings is 1. The van der Waals surface area contributed by atoms with E-state index in [4.69, 9.17) is 0 Å². The third kappa shape index (κ3) is 5.89. The van der Waals surface area contributed by atoms with Gasteiger partial charge in [-0.25, -0.2) is 21.6 Å². The fourth-order valence-corrected chi connectivity index (χ4v) is 6.62. The third-order valence-electron chi connectivity index (χ3n) is 6.30. The minimum atomic E-state index is -3.49. The Hall–Kier alpha value is -1.49. The summed E-state index contributed by atoms with van der Waals surface area (Å²) in [7, 11) is -6.91. The summed E-state index contributed by atoms with van der Waals surface area (Å²) in [6.45, 7) is 6.09. The number of carbonyl (C=O) groups excluding carboxylic acids is 1. The lowest BCUT2D eigenvalue weighted by Crippen LogP contribution is -2.46. The molecule has 1 aliphatic carbocycles. The van der Waals surface area contributed by atoms with Crippen LogP contribution in [0.3, 0.4) is 0 Å². The number of sulfonamides is 2. The van der Waals surface area contributed by atoms with Gasteiger partial charge in [0.1, 0.15) is 0 Å². The molecular weight excluding hydrogens is 450 g/mol. The Bertz CT molecular complexity index is 1000. The van der Waals surface area contributed by atoms with E-state index in [0.29, 0.717) is 44.5 Å². The highest BCUT2D eigenvalue weighted by molar-refractivity contribution is 7.90. The molecule has 0 unspecified atom stereocenters. The maximum absolute atomic E-state index is 12.7. The van der Waals surface area contributed by atoms with Crippen LogP contribution in [0.15, 0.2) is 29.2 Å². The van der Waals surface area contributed by atoms with E-state index >= 15 is 0 Å². The van der Waals surface area contributed by atoms with Crippen molar-refractivity contribution in [2.45, 2.75) is 81.4 Å². The van der Waals surface area contributed by atoms with Gasteiger partial charge in [-0.05, 0) is 83.6 Å². The lowest BCUT2D eigenvalue weighted by Gasteiger charge is -2.30. The number of rotatable bonds is 6. The van der Waals surface area contributed by atoms with E-state index in [0.717, 1.165) is 19.3 Å². The summed E-state index contributed by atoms with van der Waals surface area (Å²) in [4.78, 5) is 12.9. The van der Waals surface area contributed by atoms with Gasteiger partial charge in [0.2, 0.25) is 26.0 Å². The predicted octanol–water partition coefficient (Wildman–Crippen LogP) is 3.08. The summed E-state index contributed by atoms with van der Waals surface area (Å²) in [5.74, 6) is -0.309. The van der Waals surface area contributed by atoms with E-state index < -0.39 is 24.8 Å². The van der Waals surface area contributed by atoms with Crippen molar-refractivity contribution in [3.63, 3.8) is 0 Å². The molecule has 2 fully saturated rings. The Balaban J connectivity index is 1.53. The molecule has 0 spiro atoms. The monoisotopic (exact) mass is 485 g/mol. The second-order valence-corrected chi connectivity index (χ2v) is 14.2. The quantitative estimate of drug-likeness (QED) is 0.643. The van der Waals surface area contributed by atoms with Crippen LogP contribution in [0, 0.1) is 5.92 Å². The van der Waals surface area contributed by atoms with Gasteiger partial charge in [0.15, 0.2) is 0 Å². The Labute approximate surface area is 192 Å². The molecule has 0 bridgehead atoms. The van der Waals surface area contributed by atoms with Crippen molar-refractivity contribution in [3.8, 4) is 0 Å². The van der Waals surface area contributed by atoms with E-state index in [9.17, 15) is 21.6 Å². The Morgan fingerprint density at radius 1 is 0.906 bits per heavy atom. The zero-order valence-electron chi connectivity index (χ0n) is 19.1. The predicted molar refractivity (Wildman–Crippen MR) is 125 cm³/mol. The molecule has 180 valence electrons. The second kappa shape index (κ2) is 9.79. The number of nitrogens with zero attached hydrogens (tertiary/aromatic N) is 1. The normalized spacial score (nSPS) is 23.6. The summed E-state index contributed by atoms with van der Waals surface area (Å²) < 4.78 is 53.6. The Kier molecular flexibility index (Phi) is 7.69. The minimum absolute atomic E-state index is 0.117. The highest BCUT2D eigenvalue weighted by atomic mass is 32.2. The summed E-state index contributed by atoms with van der Waals surface area (Å²) in [6.07, 6.45) is 5.25. The van der Waals surface area contributed by atoms with Crippen molar-refractivity contribution < 1.29 is 21.6 Å². The van der Waals surface area contributed by atoms with Crippen LogP contribution in [0.4, 0.5) is 5.69 Å². The molecule has 1 saturated heterocycles. The zero-order chi connectivity index (χ0) is 23.6. The summed E-state index contributed by atoms with van der Waals surface area (Å²) >= 11 is 0. The first-order chi connectivity index (χ1) is 14.9. The van der Waals surface area contributed by atoms with Crippen LogP contribution in [0.1, 0.15) is 65.7 Å². The summed E-state index contributed by atoms with van der Waals surface area (Å²) in [5, 5.41) is 2.87. The van der Waals surface area contributed by atoms with Crippen molar-refractivity contribution in [2.24, 2.45) is 5.92 Å². The van der Waals surface area contributed by atoms with Crippen LogP contribution in [-0.2, 0) is 24.8 Å². The summed E-state index contributed by atoms with van der Waals surface area (Å²) in [6, 6.07) is 6.17. The molecule has 8 nitrogen and oxygen atoms in total. The molecule has 0 atom stereocenters. The van der Waals surface area contributed by atoms with E-state index in [-0.39, 0.29) is 22.8 Å². The van der Waals surface area contributed by atoms with Gasteiger partial charge in [-0.15, -0.1) is 0 Å². The molecule has 1 heterocycles. The van der Waals surface area contributed by atoms with Crippen molar-refractivity contribution in [2.75, 3.05) is 18.4 Å². The fourth-order valence-electron chi connectivity index (χ4n) is 4.08. The average Bonchev–Trinajstić information content (AvgIpc) is 2.74. The van der Waals surface area contributed by atoms with E-state index in [2.05, 4.69) is 10.0 Å². The van der Waals surface area contributed by atoms with Crippen LogP contribution < -0.4 is 10.0 Å². The molecule has 1 aliphatic heterocycles. The topological polar surface area (TPSA) is 113 Å². The highest BCUT2D eigenvalue weighted by Gasteiger charge is 2.34. The molecule has 0 radical (unpaired) electrons. The number of hydrogen-bond donors (Lipinski definition) is 2. The Morgan fingerprint density at radius 2 is 1.47 bits per heavy atom. The van der Waals surface area contributed by atoms with Crippen LogP contribution in [0.25, 0.3) is 0 Å². The standard InChI is InChI=1S/C22H35N3O5S2/c1-22(2,3)32(29,30)24-19-9-7-17(8-10-19)21(26)23-18-11-13-20(14-12-18)31(27,28)25-15-5-4-6-16-25/h11-14,17,19,24H,4-10,15-16H2,1-3H3,(H,23,26). The van der Waals surface area contributed by atoms with Crippen molar-refractivity contribution in [1.82, 2.24) is 9.03 Å². The number of nitrogens with one attached hydrogen (secondary N) is 2. The molecule has 2 N–H and O–H groups in total. The number of amides is 1. The number of hydrogen-bond acceptors (Lipinski definition) is 5. The molecule has 1 aromatic rings. The molecule has 10 heteroatoms. The number of carbonyl (C=O) groups is 1. The maximum Gasteiger partial charge on any atom is 0.243 e. The molecular formula is C22H35N3O5S2. The fraction of sp³-hybridized carbons (Fsp3) is 0.682. The van der Waals surface area contributed by atoms with Gasteiger partial charge in [0.25, 0.3) is 0 Å². The molecule has 1 saturated carbocycles. The van der Waals surface area contributed by atoms with Gasteiger partial charge in [0, 0.05) is 30.7 Å². The highest BCUT2D eigenvalue weighted by Crippen LogP contribution is 2.28. The number of piperidine rings is 1. The first-order valence-corrected chi connectivity index (χ1v) is 14.3. The summed E-state index contributed by atoms with van der Waals surface area (Å²) in [5.41, 5.74) is 0.558.